The molecule has 2 aromatic carbocycles. The van der Waals surface area contributed by atoms with E-state index >= 15 is 0 Å². The van der Waals surface area contributed by atoms with Crippen LogP contribution in [0.25, 0.3) is 0 Å². The first-order chi connectivity index (χ1) is 16.4. The molecule has 2 saturated carbocycles. The third-order valence-corrected chi connectivity index (χ3v) is 10.9. The van der Waals surface area contributed by atoms with E-state index in [0.29, 0.717) is 5.69 Å². The minimum absolute atomic E-state index is 0.0364. The number of aromatic hydroxyl groups is 1. The van der Waals surface area contributed by atoms with Crippen LogP contribution in [0.4, 0.5) is 5.69 Å². The normalized spacial score (nSPS) is 33.2. The van der Waals surface area contributed by atoms with Gasteiger partial charge >= 0.3 is 4.87 Å². The molecular formula is C26H22N2O4S2. The topological polar surface area (TPSA) is 90.5 Å². The second-order valence-electron chi connectivity index (χ2n) is 9.87. The number of amides is 2. The van der Waals surface area contributed by atoms with Gasteiger partial charge in [-0.15, -0.1) is 11.8 Å². The molecule has 6 nitrogen and oxygen atoms in total. The van der Waals surface area contributed by atoms with E-state index in [4.69, 9.17) is 0 Å². The SMILES string of the molecule is Cc1ccc(N2C(=O)C3C4CC(C3C2=O)C2C(c3ccccc3O)c3sc(=O)[nH]c3SC42)cc1. The molecule has 2 aliphatic heterocycles. The van der Waals surface area contributed by atoms with E-state index in [0.717, 1.165) is 27.5 Å². The molecule has 2 bridgehead atoms. The number of benzene rings is 2. The average molecular weight is 491 g/mol. The fourth-order valence-electron chi connectivity index (χ4n) is 7.06. The number of nitrogens with zero attached hydrogens (tertiary/aromatic N) is 1. The van der Waals surface area contributed by atoms with E-state index in [-0.39, 0.29) is 63.2 Å². The second kappa shape index (κ2) is 7.09. The van der Waals surface area contributed by atoms with Gasteiger partial charge in [-0.3, -0.25) is 19.3 Å². The molecule has 0 spiro atoms. The van der Waals surface area contributed by atoms with Crippen LogP contribution in [0.15, 0.2) is 58.4 Å². The van der Waals surface area contributed by atoms with Gasteiger partial charge in [-0.05, 0) is 49.3 Å². The Hall–Kier alpha value is -2.84. The van der Waals surface area contributed by atoms with Crippen molar-refractivity contribution in [3.8, 4) is 5.75 Å². The number of phenolic OH excluding ortho intramolecular Hbond substituents is 1. The molecule has 2 aliphatic carbocycles. The summed E-state index contributed by atoms with van der Waals surface area (Å²) in [5, 5.41) is 11.7. The number of carbonyl (C=O) groups excluding carboxylic acids is 2. The number of aromatic amines is 1. The second-order valence-corrected chi connectivity index (χ2v) is 12.1. The molecule has 4 aliphatic rings. The van der Waals surface area contributed by atoms with Gasteiger partial charge in [0.25, 0.3) is 0 Å². The Morgan fingerprint density at radius 2 is 1.68 bits per heavy atom. The first-order valence-corrected chi connectivity index (χ1v) is 13.3. The van der Waals surface area contributed by atoms with Crippen molar-refractivity contribution in [2.45, 2.75) is 29.5 Å². The van der Waals surface area contributed by atoms with Crippen LogP contribution in [0.2, 0.25) is 0 Å². The van der Waals surface area contributed by atoms with Crippen molar-refractivity contribution in [2.75, 3.05) is 4.90 Å². The first-order valence-electron chi connectivity index (χ1n) is 11.6. The minimum atomic E-state index is -0.341. The summed E-state index contributed by atoms with van der Waals surface area (Å²) in [6, 6.07) is 14.9. The fraction of sp³-hybridized carbons (Fsp3) is 0.346. The van der Waals surface area contributed by atoms with Crippen molar-refractivity contribution in [3.05, 3.63) is 74.2 Å². The number of fused-ring (bicyclic) bond motifs is 9. The summed E-state index contributed by atoms with van der Waals surface area (Å²) in [4.78, 5) is 44.8. The van der Waals surface area contributed by atoms with Crippen molar-refractivity contribution in [2.24, 2.45) is 29.6 Å². The van der Waals surface area contributed by atoms with Gasteiger partial charge in [0.15, 0.2) is 0 Å². The number of thioether (sulfide) groups is 1. The van der Waals surface area contributed by atoms with Gasteiger partial charge in [0, 0.05) is 21.6 Å². The molecule has 2 amide bonds. The smallest absolute Gasteiger partial charge is 0.305 e. The number of aryl methyl sites for hydroxylation is 1. The zero-order chi connectivity index (χ0) is 23.3. The van der Waals surface area contributed by atoms with Gasteiger partial charge in [-0.1, -0.05) is 47.2 Å². The van der Waals surface area contributed by atoms with E-state index in [1.54, 1.807) is 23.9 Å². The summed E-state index contributed by atoms with van der Waals surface area (Å²) in [6.45, 7) is 1.98. The maximum absolute atomic E-state index is 13.7. The predicted octanol–water partition coefficient (Wildman–Crippen LogP) is 4.13. The zero-order valence-electron chi connectivity index (χ0n) is 18.3. The molecule has 7 unspecified atom stereocenters. The highest BCUT2D eigenvalue weighted by Gasteiger charge is 2.69. The molecule has 3 aromatic rings. The van der Waals surface area contributed by atoms with Gasteiger partial charge in [0.2, 0.25) is 11.8 Å². The Bertz CT molecular complexity index is 1410. The maximum atomic E-state index is 13.7. The van der Waals surface area contributed by atoms with Crippen molar-refractivity contribution in [1.29, 1.82) is 0 Å². The highest BCUT2D eigenvalue weighted by Crippen LogP contribution is 2.69. The summed E-state index contributed by atoms with van der Waals surface area (Å²) in [5.41, 5.74) is 2.52. The summed E-state index contributed by atoms with van der Waals surface area (Å²) in [5.74, 6) is -0.615. The van der Waals surface area contributed by atoms with Crippen LogP contribution >= 0.6 is 23.1 Å². The van der Waals surface area contributed by atoms with Gasteiger partial charge in [0.1, 0.15) is 5.75 Å². The minimum Gasteiger partial charge on any atom is -0.508 e. The molecule has 3 heterocycles. The Morgan fingerprint density at radius 3 is 2.41 bits per heavy atom. The Kier molecular flexibility index (Phi) is 4.28. The van der Waals surface area contributed by atoms with Crippen LogP contribution in [-0.2, 0) is 9.59 Å². The molecule has 1 saturated heterocycles. The third kappa shape index (κ3) is 2.61. The maximum Gasteiger partial charge on any atom is 0.305 e. The summed E-state index contributed by atoms with van der Waals surface area (Å²) >= 11 is 2.86. The molecule has 8 heteroatoms. The van der Waals surface area contributed by atoms with Crippen molar-refractivity contribution >= 4 is 40.6 Å². The fourth-order valence-corrected chi connectivity index (χ4v) is 9.94. The number of carbonyl (C=O) groups is 2. The highest BCUT2D eigenvalue weighted by molar-refractivity contribution is 8.00. The van der Waals surface area contributed by atoms with Crippen molar-refractivity contribution in [3.63, 3.8) is 0 Å². The van der Waals surface area contributed by atoms with Crippen LogP contribution in [0.3, 0.4) is 0 Å². The summed E-state index contributed by atoms with van der Waals surface area (Å²) in [6.07, 6.45) is 0.833. The number of phenols is 1. The lowest BCUT2D eigenvalue weighted by atomic mass is 9.68. The molecular weight excluding hydrogens is 468 g/mol. The lowest BCUT2D eigenvalue weighted by Gasteiger charge is -2.43. The van der Waals surface area contributed by atoms with Crippen LogP contribution in [0.5, 0.6) is 5.75 Å². The number of nitrogens with one attached hydrogen (secondary N) is 1. The lowest BCUT2D eigenvalue weighted by molar-refractivity contribution is -0.123. The Labute approximate surface area is 204 Å². The number of hydrogen-bond donors (Lipinski definition) is 2. The number of hydrogen-bond acceptors (Lipinski definition) is 6. The number of thiazole rings is 1. The van der Waals surface area contributed by atoms with Gasteiger partial charge in [-0.25, -0.2) is 0 Å². The Morgan fingerprint density at radius 1 is 0.971 bits per heavy atom. The standard InChI is InChI=1S/C26H22N2O4S2/c1-11-6-8-12(9-7-11)28-24(30)19-14-10-15(20(19)25(28)31)21-18(14)17(13-4-2-3-5-16(13)29)22-23(33-21)27-26(32)34-22/h2-9,14-15,17-21,29H,10H2,1H3,(H,27,32). The van der Waals surface area contributed by atoms with Gasteiger partial charge in [0.05, 0.1) is 22.5 Å². The van der Waals surface area contributed by atoms with Crippen LogP contribution in [0, 0.1) is 36.5 Å². The molecule has 2 N–H and O–H groups in total. The number of H-pyrrole nitrogens is 1. The van der Waals surface area contributed by atoms with Crippen molar-refractivity contribution < 1.29 is 14.7 Å². The predicted molar refractivity (Wildman–Crippen MR) is 130 cm³/mol. The summed E-state index contributed by atoms with van der Waals surface area (Å²) < 4.78 is 0. The third-order valence-electron chi connectivity index (χ3n) is 8.29. The average Bonchev–Trinajstić information content (AvgIpc) is 3.54. The van der Waals surface area contributed by atoms with Crippen LogP contribution in [0.1, 0.15) is 28.3 Å². The number of aromatic nitrogens is 1. The number of imide groups is 1. The number of anilines is 1. The Balaban J connectivity index is 1.34. The molecule has 7 rings (SSSR count). The largest absolute Gasteiger partial charge is 0.508 e. The van der Waals surface area contributed by atoms with Crippen molar-refractivity contribution in [1.82, 2.24) is 4.98 Å². The molecule has 3 fully saturated rings. The van der Waals surface area contributed by atoms with E-state index in [9.17, 15) is 19.5 Å². The molecule has 1 aromatic heterocycles. The van der Waals surface area contributed by atoms with Gasteiger partial charge < -0.3 is 10.1 Å². The quantitative estimate of drug-likeness (QED) is 0.527. The van der Waals surface area contributed by atoms with Crippen LogP contribution < -0.4 is 9.77 Å². The lowest BCUT2D eigenvalue weighted by Crippen LogP contribution is -2.42. The van der Waals surface area contributed by atoms with Gasteiger partial charge in [-0.2, -0.15) is 0 Å². The molecule has 0 radical (unpaired) electrons. The monoisotopic (exact) mass is 490 g/mol. The van der Waals surface area contributed by atoms with E-state index < -0.39 is 0 Å². The number of para-hydroxylation sites is 1. The van der Waals surface area contributed by atoms with E-state index in [1.807, 2.05) is 43.3 Å². The number of rotatable bonds is 2. The van der Waals surface area contributed by atoms with Crippen LogP contribution in [-0.4, -0.2) is 27.2 Å². The first kappa shape index (κ1) is 20.5. The highest BCUT2D eigenvalue weighted by atomic mass is 32.2. The molecule has 172 valence electrons. The molecule has 34 heavy (non-hydrogen) atoms. The van der Waals surface area contributed by atoms with E-state index in [2.05, 4.69) is 4.98 Å². The van der Waals surface area contributed by atoms with E-state index in [1.165, 1.54) is 16.2 Å². The molecule has 7 atom stereocenters. The summed E-state index contributed by atoms with van der Waals surface area (Å²) in [7, 11) is 0. The zero-order valence-corrected chi connectivity index (χ0v) is 19.9.